The number of aliphatic hydroxyl groups is 1. The molecule has 6 rings (SSSR count). The Morgan fingerprint density at radius 2 is 1.66 bits per heavy atom. The predicted octanol–water partition coefficient (Wildman–Crippen LogP) is 8.90. The molecule has 0 fully saturated rings. The minimum absolute atomic E-state index is 0. The van der Waals surface area contributed by atoms with Gasteiger partial charge in [0.25, 0.3) is 0 Å². The number of allylic oxidation sites excluding steroid dienone is 2. The number of fused-ring (bicyclic) bond motifs is 4. The van der Waals surface area contributed by atoms with Gasteiger partial charge in [-0.05, 0) is 55.6 Å². The van der Waals surface area contributed by atoms with Crippen molar-refractivity contribution in [2.75, 3.05) is 0 Å². The van der Waals surface area contributed by atoms with E-state index in [-0.39, 0.29) is 37.1 Å². The Morgan fingerprint density at radius 3 is 2.29 bits per heavy atom. The largest absolute Gasteiger partial charge is 0.512 e. The Bertz CT molecular complexity index is 1890. The SMILES string of the molecule is CC(=O)/C=C(/C)O.Cc1ccc2c(n1)oc1c(-c3ccc4oc(-c5ccc(C(C)(C)C)cc5)cc4n3)[c-]ccc12.[Ir]. The molecule has 0 aliphatic carbocycles. The first kappa shape index (κ1) is 29.9. The number of ketones is 1. The van der Waals surface area contributed by atoms with E-state index in [0.29, 0.717) is 5.71 Å². The van der Waals surface area contributed by atoms with Crippen LogP contribution in [0.25, 0.3) is 55.7 Å². The predicted molar refractivity (Wildman–Crippen MR) is 159 cm³/mol. The van der Waals surface area contributed by atoms with E-state index >= 15 is 0 Å². The first-order valence-corrected chi connectivity index (χ1v) is 13.1. The third kappa shape index (κ3) is 6.48. The van der Waals surface area contributed by atoms with E-state index in [9.17, 15) is 4.79 Å². The van der Waals surface area contributed by atoms with Crippen molar-refractivity contribution >= 4 is 39.0 Å². The number of hydrogen-bond donors (Lipinski definition) is 1. The molecule has 0 aliphatic heterocycles. The second-order valence-electron chi connectivity index (χ2n) is 10.9. The molecule has 4 aromatic heterocycles. The summed E-state index contributed by atoms with van der Waals surface area (Å²) in [4.78, 5) is 19.4. The van der Waals surface area contributed by atoms with Crippen LogP contribution in [0.5, 0.6) is 0 Å². The van der Waals surface area contributed by atoms with Gasteiger partial charge in [0.15, 0.2) is 11.4 Å². The molecule has 1 radical (unpaired) electrons. The fraction of sp³-hybridized carbons (Fsp3) is 0.206. The zero-order chi connectivity index (χ0) is 28.6. The number of hydrogen-bond acceptors (Lipinski definition) is 6. The van der Waals surface area contributed by atoms with E-state index < -0.39 is 0 Å². The van der Waals surface area contributed by atoms with Crippen LogP contribution >= 0.6 is 0 Å². The number of carbonyl (C=O) groups is 1. The van der Waals surface area contributed by atoms with Gasteiger partial charge in [-0.3, -0.25) is 9.78 Å². The van der Waals surface area contributed by atoms with Crippen LogP contribution in [-0.4, -0.2) is 20.9 Å². The average Bonchev–Trinajstić information content (AvgIpc) is 3.48. The van der Waals surface area contributed by atoms with Gasteiger partial charge in [0.05, 0.1) is 16.9 Å². The number of rotatable bonds is 3. The topological polar surface area (TPSA) is 89.4 Å². The van der Waals surface area contributed by atoms with Gasteiger partial charge in [-0.25, -0.2) is 4.98 Å². The molecule has 0 saturated carbocycles. The van der Waals surface area contributed by atoms with Crippen molar-refractivity contribution in [1.29, 1.82) is 0 Å². The first-order valence-electron chi connectivity index (χ1n) is 13.1. The van der Waals surface area contributed by atoms with E-state index in [1.165, 1.54) is 25.5 Å². The van der Waals surface area contributed by atoms with E-state index in [2.05, 4.69) is 62.2 Å². The summed E-state index contributed by atoms with van der Waals surface area (Å²) in [7, 11) is 0. The van der Waals surface area contributed by atoms with Crippen molar-refractivity contribution in [3.05, 3.63) is 95.9 Å². The Morgan fingerprint density at radius 1 is 0.927 bits per heavy atom. The molecule has 6 nitrogen and oxygen atoms in total. The second kappa shape index (κ2) is 11.8. The molecule has 0 saturated heterocycles. The van der Waals surface area contributed by atoms with Crippen LogP contribution in [0, 0.1) is 13.0 Å². The zero-order valence-corrected chi connectivity index (χ0v) is 26.2. The molecule has 0 spiro atoms. The molecule has 4 heterocycles. The minimum Gasteiger partial charge on any atom is -0.512 e. The number of aromatic nitrogens is 2. The van der Waals surface area contributed by atoms with Crippen LogP contribution in [0.4, 0.5) is 0 Å². The molecule has 7 heteroatoms. The Balaban J connectivity index is 0.000000434. The van der Waals surface area contributed by atoms with Crippen LogP contribution in [0.2, 0.25) is 0 Å². The molecule has 0 amide bonds. The van der Waals surface area contributed by atoms with E-state index in [4.69, 9.17) is 18.9 Å². The van der Waals surface area contributed by atoms with Crippen molar-refractivity contribution in [3.63, 3.8) is 0 Å². The maximum Gasteiger partial charge on any atom is 0.216 e. The van der Waals surface area contributed by atoms with Crippen molar-refractivity contribution in [3.8, 4) is 22.6 Å². The molecule has 0 bridgehead atoms. The average molecular weight is 724 g/mol. The fourth-order valence-electron chi connectivity index (χ4n) is 4.54. The van der Waals surface area contributed by atoms with Crippen LogP contribution in [0.1, 0.15) is 45.9 Å². The summed E-state index contributed by atoms with van der Waals surface area (Å²) in [6.07, 6.45) is 1.17. The van der Waals surface area contributed by atoms with Crippen LogP contribution in [0.15, 0.2) is 87.4 Å². The third-order valence-electron chi connectivity index (χ3n) is 6.52. The molecule has 0 aliphatic rings. The summed E-state index contributed by atoms with van der Waals surface area (Å²) in [5.41, 5.74) is 7.92. The molecule has 0 atom stereocenters. The van der Waals surface area contributed by atoms with Gasteiger partial charge >= 0.3 is 0 Å². The third-order valence-corrected chi connectivity index (χ3v) is 6.52. The molecule has 1 N–H and O–H groups in total. The summed E-state index contributed by atoms with van der Waals surface area (Å²) in [6, 6.07) is 25.7. The molecule has 41 heavy (non-hydrogen) atoms. The number of aliphatic hydroxyl groups excluding tert-OH is 1. The number of aryl methyl sites for hydroxylation is 1. The smallest absolute Gasteiger partial charge is 0.216 e. The fourth-order valence-corrected chi connectivity index (χ4v) is 4.54. The second-order valence-corrected chi connectivity index (χ2v) is 10.9. The molecule has 6 aromatic rings. The van der Waals surface area contributed by atoms with Gasteiger partial charge in [-0.15, -0.1) is 18.2 Å². The van der Waals surface area contributed by atoms with Gasteiger partial charge in [0, 0.05) is 48.9 Å². The summed E-state index contributed by atoms with van der Waals surface area (Å²) < 4.78 is 12.3. The number of carbonyl (C=O) groups excluding carboxylic acids is 1. The van der Waals surface area contributed by atoms with E-state index in [0.717, 1.165) is 55.7 Å². The van der Waals surface area contributed by atoms with Crippen LogP contribution in [-0.2, 0) is 30.3 Å². The van der Waals surface area contributed by atoms with Crippen LogP contribution in [0.3, 0.4) is 0 Å². The van der Waals surface area contributed by atoms with E-state index in [1.54, 1.807) is 0 Å². The van der Waals surface area contributed by atoms with Gasteiger partial charge in [0.1, 0.15) is 5.76 Å². The molecule has 0 unspecified atom stereocenters. The molecule has 211 valence electrons. The number of furan rings is 2. The first-order chi connectivity index (χ1) is 19.0. The molecular weight excluding hydrogens is 693 g/mol. The maximum absolute atomic E-state index is 10.0. The molecular formula is C34H31IrN2O4-. The van der Waals surface area contributed by atoms with Crippen molar-refractivity contribution in [1.82, 2.24) is 9.97 Å². The molecule has 2 aromatic carbocycles. The monoisotopic (exact) mass is 724 g/mol. The number of nitrogens with zero attached hydrogens (tertiary/aromatic N) is 2. The van der Waals surface area contributed by atoms with Crippen molar-refractivity contribution in [2.24, 2.45) is 0 Å². The Labute approximate surface area is 252 Å². The standard InChI is InChI=1S/C29H23N2O2.C5H8O2.Ir/c1-17-8-13-21-20-6-5-7-22(27(20)33-28(21)30-17)23-14-15-25-24(31-23)16-26(32-25)18-9-11-19(12-10-18)29(2,3)4;1-4(6)3-5(2)7;/h5-6,8-16H,1-4H3;3,6H,1-2H3;/q-1;;/b;4-3-;. The summed E-state index contributed by atoms with van der Waals surface area (Å²) in [5, 5.41) is 10.4. The van der Waals surface area contributed by atoms with Crippen molar-refractivity contribution < 1.29 is 38.8 Å². The summed E-state index contributed by atoms with van der Waals surface area (Å²) in [5.74, 6) is 0.744. The number of pyridine rings is 2. The quantitative estimate of drug-likeness (QED) is 0.112. The van der Waals surface area contributed by atoms with Gasteiger partial charge in [-0.1, -0.05) is 62.1 Å². The van der Waals surface area contributed by atoms with Crippen LogP contribution < -0.4 is 0 Å². The summed E-state index contributed by atoms with van der Waals surface area (Å²) in [6.45, 7) is 11.5. The Kier molecular flexibility index (Phi) is 8.62. The Hall–Kier alpha value is -4.06. The zero-order valence-electron chi connectivity index (χ0n) is 23.8. The van der Waals surface area contributed by atoms with E-state index in [1.807, 2.05) is 43.3 Å². The van der Waals surface area contributed by atoms with Gasteiger partial charge in [-0.2, -0.15) is 0 Å². The normalized spacial score (nSPS) is 11.8. The van der Waals surface area contributed by atoms with Gasteiger partial charge in [0.2, 0.25) is 5.71 Å². The van der Waals surface area contributed by atoms with Gasteiger partial charge < -0.3 is 13.9 Å². The number of benzene rings is 2. The maximum atomic E-state index is 10.0. The minimum atomic E-state index is -0.125. The summed E-state index contributed by atoms with van der Waals surface area (Å²) >= 11 is 0. The van der Waals surface area contributed by atoms with Crippen molar-refractivity contribution in [2.45, 2.75) is 47.0 Å².